The first-order valence-electron chi connectivity index (χ1n) is 6.76. The van der Waals surface area contributed by atoms with Crippen molar-refractivity contribution in [2.45, 2.75) is 31.5 Å². The molecule has 0 aromatic heterocycles. The molecule has 0 fully saturated rings. The Morgan fingerprint density at radius 2 is 1.60 bits per heavy atom. The van der Waals surface area contributed by atoms with Crippen molar-refractivity contribution in [1.29, 1.82) is 0 Å². The molecule has 0 N–H and O–H groups in total. The molecule has 0 bridgehead atoms. The smallest absolute Gasteiger partial charge is 0.0648 e. The zero-order valence-electron chi connectivity index (χ0n) is 11.6. The zero-order chi connectivity index (χ0) is 14.7. The van der Waals surface area contributed by atoms with Gasteiger partial charge >= 0.3 is 0 Å². The van der Waals surface area contributed by atoms with Gasteiger partial charge in [-0.2, -0.15) is 0 Å². The lowest BCUT2D eigenvalue weighted by molar-refractivity contribution is 1.03. The summed E-state index contributed by atoms with van der Waals surface area (Å²) in [6, 6.07) is 12.4. The number of benzene rings is 2. The number of hydrogen-bond donors (Lipinski definition) is 0. The van der Waals surface area contributed by atoms with Crippen LogP contribution in [-0.2, 0) is 12.8 Å². The summed E-state index contributed by atoms with van der Waals surface area (Å²) in [6.07, 6.45) is 2.04. The van der Waals surface area contributed by atoms with Gasteiger partial charge in [0.25, 0.3) is 0 Å². The van der Waals surface area contributed by atoms with E-state index in [0.717, 1.165) is 18.4 Å². The Balaban J connectivity index is 2.48. The molecule has 0 radical (unpaired) electrons. The first-order chi connectivity index (χ1) is 9.55. The summed E-state index contributed by atoms with van der Waals surface area (Å²) in [5.41, 5.74) is 5.07. The first kappa shape index (κ1) is 15.9. The lowest BCUT2D eigenvalue weighted by atomic mass is 9.95. The molecule has 0 nitrogen and oxygen atoms in total. The van der Waals surface area contributed by atoms with Gasteiger partial charge in [-0.05, 0) is 53.3 Å². The van der Waals surface area contributed by atoms with Crippen LogP contribution in [0.3, 0.4) is 0 Å². The highest BCUT2D eigenvalue weighted by Crippen LogP contribution is 2.36. The third-order valence-corrected chi connectivity index (χ3v) is 4.91. The van der Waals surface area contributed by atoms with Crippen molar-refractivity contribution in [3.8, 4) is 0 Å². The molecule has 0 aliphatic heterocycles. The van der Waals surface area contributed by atoms with Crippen LogP contribution in [0.25, 0.3) is 0 Å². The van der Waals surface area contributed by atoms with Gasteiger partial charge in [-0.1, -0.05) is 71.2 Å². The third kappa shape index (κ3) is 3.58. The van der Waals surface area contributed by atoms with Gasteiger partial charge in [0, 0.05) is 10.0 Å². The standard InChI is InChI=1S/C17H17BrCl2/c1-3-11-5-6-12(4-2)16(7-11)17(18)13-8-14(19)10-15(20)9-13/h5-10,17H,3-4H2,1-2H3. The van der Waals surface area contributed by atoms with Gasteiger partial charge in [0.1, 0.15) is 0 Å². The molecule has 0 aliphatic rings. The second-order valence-corrected chi connectivity index (χ2v) is 6.59. The molecule has 1 unspecified atom stereocenters. The van der Waals surface area contributed by atoms with Crippen LogP contribution in [-0.4, -0.2) is 0 Å². The number of rotatable bonds is 4. The number of halogens is 3. The predicted octanol–water partition coefficient (Wildman–Crippen LogP) is 6.60. The topological polar surface area (TPSA) is 0 Å². The molecule has 0 amide bonds. The Hall–Kier alpha value is -0.500. The van der Waals surface area contributed by atoms with E-state index in [1.807, 2.05) is 12.1 Å². The Kier molecular flexibility index (Phi) is 5.54. The fourth-order valence-corrected chi connectivity index (χ4v) is 3.56. The summed E-state index contributed by atoms with van der Waals surface area (Å²) in [6.45, 7) is 4.35. The van der Waals surface area contributed by atoms with E-state index < -0.39 is 0 Å². The van der Waals surface area contributed by atoms with Gasteiger partial charge in [-0.15, -0.1) is 0 Å². The maximum Gasteiger partial charge on any atom is 0.0648 e. The normalized spacial score (nSPS) is 12.4. The highest BCUT2D eigenvalue weighted by Gasteiger charge is 2.15. The molecule has 0 heterocycles. The van der Waals surface area contributed by atoms with E-state index in [0.29, 0.717) is 10.0 Å². The first-order valence-corrected chi connectivity index (χ1v) is 8.44. The van der Waals surface area contributed by atoms with E-state index >= 15 is 0 Å². The summed E-state index contributed by atoms with van der Waals surface area (Å²) >= 11 is 16.0. The van der Waals surface area contributed by atoms with Gasteiger partial charge < -0.3 is 0 Å². The van der Waals surface area contributed by atoms with Crippen molar-refractivity contribution in [3.05, 3.63) is 68.7 Å². The van der Waals surface area contributed by atoms with E-state index in [9.17, 15) is 0 Å². The van der Waals surface area contributed by atoms with E-state index in [1.165, 1.54) is 16.7 Å². The highest BCUT2D eigenvalue weighted by atomic mass is 79.9. The third-order valence-electron chi connectivity index (χ3n) is 3.45. The van der Waals surface area contributed by atoms with Gasteiger partial charge in [-0.3, -0.25) is 0 Å². The van der Waals surface area contributed by atoms with Crippen LogP contribution in [0.4, 0.5) is 0 Å². The molecule has 2 rings (SSSR count). The average Bonchev–Trinajstić information content (AvgIpc) is 2.44. The second-order valence-electron chi connectivity index (χ2n) is 4.81. The van der Waals surface area contributed by atoms with Crippen LogP contribution in [0, 0.1) is 0 Å². The fraction of sp³-hybridized carbons (Fsp3) is 0.294. The Labute approximate surface area is 139 Å². The predicted molar refractivity (Wildman–Crippen MR) is 92.4 cm³/mol. The van der Waals surface area contributed by atoms with Crippen molar-refractivity contribution in [1.82, 2.24) is 0 Å². The number of alkyl halides is 1. The Morgan fingerprint density at radius 1 is 0.950 bits per heavy atom. The van der Waals surface area contributed by atoms with Crippen LogP contribution < -0.4 is 0 Å². The molecule has 106 valence electrons. The number of hydrogen-bond acceptors (Lipinski definition) is 0. The maximum atomic E-state index is 6.11. The molecular formula is C17H17BrCl2. The summed E-state index contributed by atoms with van der Waals surface area (Å²) in [4.78, 5) is 0.111. The highest BCUT2D eigenvalue weighted by molar-refractivity contribution is 9.09. The molecule has 1 atom stereocenters. The molecule has 20 heavy (non-hydrogen) atoms. The SMILES string of the molecule is CCc1ccc(CC)c(C(Br)c2cc(Cl)cc(Cl)c2)c1. The molecule has 0 saturated heterocycles. The maximum absolute atomic E-state index is 6.11. The minimum atomic E-state index is 0.111. The molecule has 2 aromatic carbocycles. The van der Waals surface area contributed by atoms with Crippen LogP contribution in [0.5, 0.6) is 0 Å². The molecule has 2 aromatic rings. The summed E-state index contributed by atoms with van der Waals surface area (Å²) < 4.78 is 0. The summed E-state index contributed by atoms with van der Waals surface area (Å²) in [5.74, 6) is 0. The lowest BCUT2D eigenvalue weighted by Crippen LogP contribution is -2.00. The molecule has 3 heteroatoms. The minimum absolute atomic E-state index is 0.111. The van der Waals surface area contributed by atoms with E-state index in [4.69, 9.17) is 23.2 Å². The van der Waals surface area contributed by atoms with Gasteiger partial charge in [0.15, 0.2) is 0 Å². The summed E-state index contributed by atoms with van der Waals surface area (Å²) in [5, 5.41) is 1.34. The number of aryl methyl sites for hydroxylation is 2. The molecule has 0 spiro atoms. The van der Waals surface area contributed by atoms with Crippen LogP contribution >= 0.6 is 39.1 Å². The minimum Gasteiger partial charge on any atom is -0.0843 e. The van der Waals surface area contributed by atoms with Gasteiger partial charge in [0.2, 0.25) is 0 Å². The van der Waals surface area contributed by atoms with Gasteiger partial charge in [0.05, 0.1) is 4.83 Å². The lowest BCUT2D eigenvalue weighted by Gasteiger charge is -2.17. The largest absolute Gasteiger partial charge is 0.0843 e. The Morgan fingerprint density at radius 3 is 2.15 bits per heavy atom. The fourth-order valence-electron chi connectivity index (χ4n) is 2.32. The molecule has 0 saturated carbocycles. The van der Waals surface area contributed by atoms with E-state index in [1.54, 1.807) is 6.07 Å². The van der Waals surface area contributed by atoms with Crippen molar-refractivity contribution >= 4 is 39.1 Å². The van der Waals surface area contributed by atoms with Crippen LogP contribution in [0.2, 0.25) is 10.0 Å². The average molecular weight is 372 g/mol. The van der Waals surface area contributed by atoms with E-state index in [-0.39, 0.29) is 4.83 Å². The Bertz CT molecular complexity index is 588. The molecule has 0 aliphatic carbocycles. The van der Waals surface area contributed by atoms with Crippen LogP contribution in [0.1, 0.15) is 40.9 Å². The quantitative estimate of drug-likeness (QED) is 0.531. The van der Waals surface area contributed by atoms with Gasteiger partial charge in [-0.25, -0.2) is 0 Å². The van der Waals surface area contributed by atoms with Crippen molar-refractivity contribution in [2.75, 3.05) is 0 Å². The van der Waals surface area contributed by atoms with Crippen molar-refractivity contribution in [3.63, 3.8) is 0 Å². The summed E-state index contributed by atoms with van der Waals surface area (Å²) in [7, 11) is 0. The molecular weight excluding hydrogens is 355 g/mol. The van der Waals surface area contributed by atoms with E-state index in [2.05, 4.69) is 48.0 Å². The van der Waals surface area contributed by atoms with Crippen LogP contribution in [0.15, 0.2) is 36.4 Å². The van der Waals surface area contributed by atoms with Crippen molar-refractivity contribution < 1.29 is 0 Å². The van der Waals surface area contributed by atoms with Crippen molar-refractivity contribution in [2.24, 2.45) is 0 Å². The zero-order valence-corrected chi connectivity index (χ0v) is 14.7. The second kappa shape index (κ2) is 6.98. The monoisotopic (exact) mass is 370 g/mol.